The monoisotopic (exact) mass is 251 g/mol. The van der Waals surface area contributed by atoms with Gasteiger partial charge in [0.05, 0.1) is 11.8 Å². The van der Waals surface area contributed by atoms with Crippen LogP contribution < -0.4 is 0 Å². The van der Waals surface area contributed by atoms with Crippen molar-refractivity contribution in [2.75, 3.05) is 0 Å². The maximum absolute atomic E-state index is 13.6. The van der Waals surface area contributed by atoms with E-state index < -0.39 is 5.82 Å². The topological polar surface area (TPSA) is 30.0 Å². The van der Waals surface area contributed by atoms with Crippen molar-refractivity contribution in [2.24, 2.45) is 0 Å². The van der Waals surface area contributed by atoms with Gasteiger partial charge in [-0.05, 0) is 22.9 Å². The number of hydrogen-bond acceptors (Lipinski definition) is 2. The number of hydrogen-bond donors (Lipinski definition) is 0. The molecule has 0 radical (unpaired) electrons. The van der Waals surface area contributed by atoms with Gasteiger partial charge in [0.15, 0.2) is 11.6 Å². The number of carbonyl (C=O) groups is 1. The fraction of sp³-hybridized carbons (Fsp3) is 0. The van der Waals surface area contributed by atoms with Gasteiger partial charge < -0.3 is 0 Å². The first-order valence-electron chi connectivity index (χ1n) is 5.89. The zero-order valence-electron chi connectivity index (χ0n) is 10.0. The Bertz CT molecular complexity index is 767. The van der Waals surface area contributed by atoms with E-state index in [0.29, 0.717) is 5.56 Å². The molecule has 0 bridgehead atoms. The molecule has 2 nitrogen and oxygen atoms in total. The van der Waals surface area contributed by atoms with E-state index in [-0.39, 0.29) is 11.3 Å². The standard InChI is InChI=1S/C16H10FNO/c17-15-10-18-8-7-14(15)16(19)13-6-5-11-3-1-2-4-12(11)9-13/h1-10H. The number of carbonyl (C=O) groups excluding carboxylic acids is 1. The van der Waals surface area contributed by atoms with Crippen molar-refractivity contribution in [2.45, 2.75) is 0 Å². The first-order valence-corrected chi connectivity index (χ1v) is 5.89. The van der Waals surface area contributed by atoms with Gasteiger partial charge in [-0.15, -0.1) is 0 Å². The lowest BCUT2D eigenvalue weighted by Crippen LogP contribution is -2.04. The van der Waals surface area contributed by atoms with Crippen molar-refractivity contribution in [1.29, 1.82) is 0 Å². The van der Waals surface area contributed by atoms with E-state index in [0.717, 1.165) is 17.0 Å². The van der Waals surface area contributed by atoms with Crippen molar-refractivity contribution in [3.8, 4) is 0 Å². The Balaban J connectivity index is 2.09. The minimum atomic E-state index is -0.597. The molecule has 0 spiro atoms. The minimum Gasteiger partial charge on any atom is -0.288 e. The highest BCUT2D eigenvalue weighted by Crippen LogP contribution is 2.19. The first kappa shape index (κ1) is 11.5. The van der Waals surface area contributed by atoms with Crippen LogP contribution in [-0.2, 0) is 0 Å². The maximum atomic E-state index is 13.6. The third-order valence-electron chi connectivity index (χ3n) is 3.03. The lowest BCUT2D eigenvalue weighted by Gasteiger charge is -2.04. The van der Waals surface area contributed by atoms with Crippen LogP contribution in [0.25, 0.3) is 10.8 Å². The summed E-state index contributed by atoms with van der Waals surface area (Å²) in [7, 11) is 0. The average Bonchev–Trinajstić information content (AvgIpc) is 2.46. The predicted molar refractivity (Wildman–Crippen MR) is 71.6 cm³/mol. The molecule has 0 aliphatic heterocycles. The van der Waals surface area contributed by atoms with Gasteiger partial charge in [-0.2, -0.15) is 0 Å². The molecule has 0 aliphatic carbocycles. The van der Waals surface area contributed by atoms with Gasteiger partial charge >= 0.3 is 0 Å². The molecule has 92 valence electrons. The Labute approximate surface area is 109 Å². The fourth-order valence-electron chi connectivity index (χ4n) is 2.05. The summed E-state index contributed by atoms with van der Waals surface area (Å²) in [5.41, 5.74) is 0.522. The molecule has 19 heavy (non-hydrogen) atoms. The van der Waals surface area contributed by atoms with E-state index in [1.807, 2.05) is 30.3 Å². The quantitative estimate of drug-likeness (QED) is 0.651. The van der Waals surface area contributed by atoms with Crippen molar-refractivity contribution in [3.63, 3.8) is 0 Å². The summed E-state index contributed by atoms with van der Waals surface area (Å²) in [6, 6.07) is 14.5. The SMILES string of the molecule is O=C(c1ccc2ccccc2c1)c1ccncc1F. The summed E-state index contributed by atoms with van der Waals surface area (Å²) < 4.78 is 13.6. The number of benzene rings is 2. The molecule has 2 aromatic carbocycles. The van der Waals surface area contributed by atoms with Crippen LogP contribution in [0.4, 0.5) is 4.39 Å². The minimum absolute atomic E-state index is 0.0466. The number of aromatic nitrogens is 1. The normalized spacial score (nSPS) is 10.6. The number of fused-ring (bicyclic) bond motifs is 1. The van der Waals surface area contributed by atoms with Crippen LogP contribution in [0.5, 0.6) is 0 Å². The summed E-state index contributed by atoms with van der Waals surface area (Å²) in [5, 5.41) is 2.01. The highest BCUT2D eigenvalue weighted by Gasteiger charge is 2.13. The molecule has 0 N–H and O–H groups in total. The molecule has 0 unspecified atom stereocenters. The molecule has 3 rings (SSSR count). The van der Waals surface area contributed by atoms with Gasteiger partial charge in [0.2, 0.25) is 0 Å². The van der Waals surface area contributed by atoms with Crippen LogP contribution in [-0.4, -0.2) is 10.8 Å². The second kappa shape index (κ2) is 4.61. The molecule has 3 heteroatoms. The molecule has 3 aromatic rings. The summed E-state index contributed by atoms with van der Waals surface area (Å²) in [6.07, 6.45) is 2.46. The largest absolute Gasteiger partial charge is 0.288 e. The molecule has 0 atom stereocenters. The Morgan fingerprint density at radius 2 is 1.79 bits per heavy atom. The molecule has 0 amide bonds. The third-order valence-corrected chi connectivity index (χ3v) is 3.03. The van der Waals surface area contributed by atoms with Gasteiger partial charge in [0.25, 0.3) is 0 Å². The highest BCUT2D eigenvalue weighted by atomic mass is 19.1. The van der Waals surface area contributed by atoms with Crippen molar-refractivity contribution in [3.05, 3.63) is 77.9 Å². The van der Waals surface area contributed by atoms with E-state index in [9.17, 15) is 9.18 Å². The van der Waals surface area contributed by atoms with E-state index >= 15 is 0 Å². The Morgan fingerprint density at radius 3 is 2.58 bits per heavy atom. The molecule has 0 saturated carbocycles. The second-order valence-electron chi connectivity index (χ2n) is 4.25. The molecule has 0 aliphatic rings. The summed E-state index contributed by atoms with van der Waals surface area (Å²) in [5.74, 6) is -0.925. The Kier molecular flexibility index (Phi) is 2.80. The second-order valence-corrected chi connectivity index (χ2v) is 4.25. The summed E-state index contributed by atoms with van der Waals surface area (Å²) >= 11 is 0. The summed E-state index contributed by atoms with van der Waals surface area (Å²) in [6.45, 7) is 0. The van der Waals surface area contributed by atoms with Gasteiger partial charge in [-0.3, -0.25) is 9.78 Å². The highest BCUT2D eigenvalue weighted by molar-refractivity contribution is 6.10. The van der Waals surface area contributed by atoms with Crippen molar-refractivity contribution < 1.29 is 9.18 Å². The molecule has 0 fully saturated rings. The Morgan fingerprint density at radius 1 is 1.00 bits per heavy atom. The maximum Gasteiger partial charge on any atom is 0.196 e. The van der Waals surface area contributed by atoms with E-state index in [1.165, 1.54) is 12.3 Å². The van der Waals surface area contributed by atoms with Gasteiger partial charge in [-0.25, -0.2) is 4.39 Å². The molecule has 1 aromatic heterocycles. The van der Waals surface area contributed by atoms with Crippen LogP contribution in [0.2, 0.25) is 0 Å². The molecular formula is C16H10FNO. The molecular weight excluding hydrogens is 241 g/mol. The molecule has 1 heterocycles. The average molecular weight is 251 g/mol. The lowest BCUT2D eigenvalue weighted by molar-refractivity contribution is 0.103. The lowest BCUT2D eigenvalue weighted by atomic mass is 10.0. The van der Waals surface area contributed by atoms with E-state index in [4.69, 9.17) is 0 Å². The van der Waals surface area contributed by atoms with Gasteiger partial charge in [0, 0.05) is 11.8 Å². The number of ketones is 1. The van der Waals surface area contributed by atoms with E-state index in [2.05, 4.69) is 4.98 Å². The first-order chi connectivity index (χ1) is 9.25. The zero-order valence-corrected chi connectivity index (χ0v) is 10.0. The smallest absolute Gasteiger partial charge is 0.196 e. The fourth-order valence-corrected chi connectivity index (χ4v) is 2.05. The number of pyridine rings is 1. The van der Waals surface area contributed by atoms with Crippen molar-refractivity contribution in [1.82, 2.24) is 4.98 Å². The van der Waals surface area contributed by atoms with Crippen LogP contribution in [0, 0.1) is 5.82 Å². The van der Waals surface area contributed by atoms with Crippen LogP contribution >= 0.6 is 0 Å². The van der Waals surface area contributed by atoms with Gasteiger partial charge in [-0.1, -0.05) is 36.4 Å². The number of halogens is 1. The van der Waals surface area contributed by atoms with E-state index in [1.54, 1.807) is 12.1 Å². The number of rotatable bonds is 2. The summed E-state index contributed by atoms with van der Waals surface area (Å²) in [4.78, 5) is 15.9. The third kappa shape index (κ3) is 2.10. The zero-order chi connectivity index (χ0) is 13.2. The molecule has 0 saturated heterocycles. The van der Waals surface area contributed by atoms with Crippen LogP contribution in [0.1, 0.15) is 15.9 Å². The van der Waals surface area contributed by atoms with Crippen LogP contribution in [0.3, 0.4) is 0 Å². The Hall–Kier alpha value is -2.55. The van der Waals surface area contributed by atoms with Crippen molar-refractivity contribution >= 4 is 16.6 Å². The van der Waals surface area contributed by atoms with Crippen LogP contribution in [0.15, 0.2) is 60.9 Å². The van der Waals surface area contributed by atoms with Gasteiger partial charge in [0.1, 0.15) is 0 Å². The number of nitrogens with zero attached hydrogens (tertiary/aromatic N) is 1. The predicted octanol–water partition coefficient (Wildman–Crippen LogP) is 3.60.